The van der Waals surface area contributed by atoms with E-state index in [0.29, 0.717) is 17.0 Å². The number of hydrogen-bond donors (Lipinski definition) is 2. The van der Waals surface area contributed by atoms with E-state index in [4.69, 9.17) is 5.73 Å². The summed E-state index contributed by atoms with van der Waals surface area (Å²) in [5.74, 6) is -0.668. The van der Waals surface area contributed by atoms with Crippen molar-refractivity contribution >= 4 is 44.4 Å². The summed E-state index contributed by atoms with van der Waals surface area (Å²) in [6, 6.07) is 6.13. The van der Waals surface area contributed by atoms with E-state index in [0.717, 1.165) is 22.2 Å². The summed E-state index contributed by atoms with van der Waals surface area (Å²) in [6.07, 6.45) is 2.36. The van der Waals surface area contributed by atoms with Gasteiger partial charge in [-0.05, 0) is 30.0 Å². The van der Waals surface area contributed by atoms with Gasteiger partial charge in [-0.1, -0.05) is 45.4 Å². The Bertz CT molecular complexity index is 753. The summed E-state index contributed by atoms with van der Waals surface area (Å²) in [6.45, 7) is 1.43. The minimum absolute atomic E-state index is 0.199. The molecule has 2 amide bonds. The largest absolute Gasteiger partial charge is 0.366 e. The summed E-state index contributed by atoms with van der Waals surface area (Å²) >= 11 is 5.04. The van der Waals surface area contributed by atoms with Crippen LogP contribution >= 0.6 is 27.7 Å². The highest BCUT2D eigenvalue weighted by Gasteiger charge is 2.29. The molecule has 0 fully saturated rings. The van der Waals surface area contributed by atoms with Gasteiger partial charge in [-0.2, -0.15) is 0 Å². The molecule has 0 saturated carbocycles. The number of carbonyl (C=O) groups is 2. The number of fused-ring (bicyclic) bond motifs is 2. The fourth-order valence-electron chi connectivity index (χ4n) is 2.82. The third-order valence-corrected chi connectivity index (χ3v) is 5.82. The fourth-order valence-corrected chi connectivity index (χ4v) is 4.70. The molecule has 114 valence electrons. The molecule has 4 nitrogen and oxygen atoms in total. The van der Waals surface area contributed by atoms with Gasteiger partial charge < -0.3 is 11.1 Å². The van der Waals surface area contributed by atoms with Crippen LogP contribution in [0.3, 0.4) is 0 Å². The molecule has 0 aromatic heterocycles. The number of thioether (sulfide) groups is 1. The van der Waals surface area contributed by atoms with Gasteiger partial charge in [0.25, 0.3) is 0 Å². The van der Waals surface area contributed by atoms with Gasteiger partial charge >= 0.3 is 0 Å². The maximum absolute atomic E-state index is 11.7. The third-order valence-electron chi connectivity index (χ3n) is 3.82. The first-order chi connectivity index (χ1) is 10.5. The molecule has 6 heteroatoms. The van der Waals surface area contributed by atoms with Gasteiger partial charge in [0, 0.05) is 22.7 Å². The van der Waals surface area contributed by atoms with Crippen molar-refractivity contribution in [3.63, 3.8) is 0 Å². The number of nitrogens with two attached hydrogens (primary N) is 1. The molecule has 1 aliphatic heterocycles. The molecule has 0 atom stereocenters. The summed E-state index contributed by atoms with van der Waals surface area (Å²) in [5.41, 5.74) is 9.65. The topological polar surface area (TPSA) is 72.2 Å². The predicted octanol–water partition coefficient (Wildman–Crippen LogP) is 3.08. The van der Waals surface area contributed by atoms with Crippen LogP contribution in [-0.4, -0.2) is 11.8 Å². The fraction of sp³-hybridized carbons (Fsp3) is 0.250. The second-order valence-corrected chi connectivity index (χ2v) is 7.21. The molecule has 0 unspecified atom stereocenters. The molecule has 0 radical (unpaired) electrons. The molecule has 22 heavy (non-hydrogen) atoms. The first-order valence-corrected chi connectivity index (χ1v) is 8.56. The molecule has 1 aliphatic carbocycles. The highest BCUT2D eigenvalue weighted by atomic mass is 79.9. The second kappa shape index (κ2) is 5.93. The van der Waals surface area contributed by atoms with Crippen LogP contribution in [0, 0.1) is 0 Å². The highest BCUT2D eigenvalue weighted by Crippen LogP contribution is 2.49. The van der Waals surface area contributed by atoms with Crippen LogP contribution in [0.25, 0.3) is 4.91 Å². The number of nitrogens with one attached hydrogen (secondary N) is 1. The minimum atomic E-state index is -0.470. The SMILES string of the molecule is CC(=O)NC1=C(C(N)=O)CC2=C(S1)c1cccc(Br)c1CC2. The standard InChI is InChI=1S/C16H15BrN2O2S/c1-8(20)19-16-12(15(18)21)7-9-5-6-10-11(14(9)22-16)3-2-4-13(10)17/h2-4H,5-7H2,1H3,(H2,18,21)(H,19,20). The number of halogens is 1. The van der Waals surface area contributed by atoms with E-state index in [1.807, 2.05) is 12.1 Å². The van der Waals surface area contributed by atoms with Crippen molar-refractivity contribution in [3.8, 4) is 0 Å². The van der Waals surface area contributed by atoms with Gasteiger partial charge in [0.05, 0.1) is 10.6 Å². The maximum Gasteiger partial charge on any atom is 0.247 e. The summed E-state index contributed by atoms with van der Waals surface area (Å²) in [7, 11) is 0. The van der Waals surface area contributed by atoms with E-state index < -0.39 is 5.91 Å². The van der Waals surface area contributed by atoms with Crippen LogP contribution in [-0.2, 0) is 16.0 Å². The lowest BCUT2D eigenvalue weighted by molar-refractivity contribution is -0.118. The van der Waals surface area contributed by atoms with Crippen molar-refractivity contribution in [1.29, 1.82) is 0 Å². The summed E-state index contributed by atoms with van der Waals surface area (Å²) in [5, 5.41) is 3.31. The molecular formula is C16H15BrN2O2S. The number of primary amides is 1. The van der Waals surface area contributed by atoms with E-state index in [2.05, 4.69) is 27.3 Å². The van der Waals surface area contributed by atoms with Crippen molar-refractivity contribution < 1.29 is 9.59 Å². The van der Waals surface area contributed by atoms with Crippen molar-refractivity contribution in [3.05, 3.63) is 50.0 Å². The van der Waals surface area contributed by atoms with Crippen LogP contribution in [0.1, 0.15) is 30.9 Å². The molecule has 3 rings (SSSR count). The zero-order valence-electron chi connectivity index (χ0n) is 12.0. The number of hydrogen-bond acceptors (Lipinski definition) is 3. The molecule has 0 bridgehead atoms. The van der Waals surface area contributed by atoms with Gasteiger partial charge in [0.1, 0.15) is 0 Å². The van der Waals surface area contributed by atoms with Crippen molar-refractivity contribution in [2.75, 3.05) is 0 Å². The lowest BCUT2D eigenvalue weighted by Gasteiger charge is -2.29. The van der Waals surface area contributed by atoms with Gasteiger partial charge in [-0.15, -0.1) is 0 Å². The molecule has 0 spiro atoms. The quantitative estimate of drug-likeness (QED) is 0.830. The van der Waals surface area contributed by atoms with E-state index in [-0.39, 0.29) is 5.91 Å². The molecule has 1 aromatic rings. The molecule has 1 heterocycles. The van der Waals surface area contributed by atoms with Gasteiger partial charge in [-0.25, -0.2) is 0 Å². The Morgan fingerprint density at radius 3 is 2.77 bits per heavy atom. The Balaban J connectivity index is 2.04. The van der Waals surface area contributed by atoms with E-state index >= 15 is 0 Å². The lowest BCUT2D eigenvalue weighted by Crippen LogP contribution is -2.27. The zero-order chi connectivity index (χ0) is 15.9. The van der Waals surface area contributed by atoms with Gasteiger partial charge in [0.15, 0.2) is 0 Å². The Morgan fingerprint density at radius 2 is 2.09 bits per heavy atom. The van der Waals surface area contributed by atoms with E-state index in [1.54, 1.807) is 0 Å². The average Bonchev–Trinajstić information content (AvgIpc) is 2.46. The van der Waals surface area contributed by atoms with Crippen LogP contribution < -0.4 is 11.1 Å². The summed E-state index contributed by atoms with van der Waals surface area (Å²) < 4.78 is 1.10. The molecular weight excluding hydrogens is 364 g/mol. The Morgan fingerprint density at radius 1 is 1.32 bits per heavy atom. The van der Waals surface area contributed by atoms with Crippen LogP contribution in [0.5, 0.6) is 0 Å². The number of amides is 2. The van der Waals surface area contributed by atoms with Crippen molar-refractivity contribution in [2.45, 2.75) is 26.2 Å². The Hall–Kier alpha value is -1.53. The number of carbonyl (C=O) groups excluding carboxylic acids is 2. The first-order valence-electron chi connectivity index (χ1n) is 6.95. The van der Waals surface area contributed by atoms with Crippen LogP contribution in [0.4, 0.5) is 0 Å². The lowest BCUT2D eigenvalue weighted by atomic mass is 9.88. The van der Waals surface area contributed by atoms with Crippen LogP contribution in [0.15, 0.2) is 38.8 Å². The smallest absolute Gasteiger partial charge is 0.247 e. The average molecular weight is 379 g/mol. The highest BCUT2D eigenvalue weighted by molar-refractivity contribution is 9.10. The van der Waals surface area contributed by atoms with Gasteiger partial charge in [-0.3, -0.25) is 9.59 Å². The van der Waals surface area contributed by atoms with Gasteiger partial charge in [0.2, 0.25) is 11.8 Å². The minimum Gasteiger partial charge on any atom is -0.366 e. The summed E-state index contributed by atoms with van der Waals surface area (Å²) in [4.78, 5) is 24.2. The normalized spacial score (nSPS) is 17.0. The number of benzene rings is 1. The first kappa shape index (κ1) is 15.4. The second-order valence-electron chi connectivity index (χ2n) is 5.33. The zero-order valence-corrected chi connectivity index (χ0v) is 14.4. The Labute approximate surface area is 141 Å². The van der Waals surface area contributed by atoms with Crippen molar-refractivity contribution in [1.82, 2.24) is 5.32 Å². The molecule has 0 saturated heterocycles. The third kappa shape index (κ3) is 2.73. The maximum atomic E-state index is 11.7. The van der Waals surface area contributed by atoms with Crippen LogP contribution in [0.2, 0.25) is 0 Å². The van der Waals surface area contributed by atoms with E-state index in [1.165, 1.54) is 35.4 Å². The predicted molar refractivity (Wildman–Crippen MR) is 91.6 cm³/mol. The molecule has 1 aromatic carbocycles. The van der Waals surface area contributed by atoms with Crippen molar-refractivity contribution in [2.24, 2.45) is 5.73 Å². The monoisotopic (exact) mass is 378 g/mol. The van der Waals surface area contributed by atoms with E-state index in [9.17, 15) is 9.59 Å². The molecule has 3 N–H and O–H groups in total. The number of rotatable bonds is 2. The molecule has 2 aliphatic rings. The Kier molecular flexibility index (Phi) is 4.14. The number of allylic oxidation sites excluding steroid dienone is 1.